The van der Waals surface area contributed by atoms with Gasteiger partial charge in [-0.1, -0.05) is 36.4 Å². The van der Waals surface area contributed by atoms with Crippen molar-refractivity contribution in [2.24, 2.45) is 4.99 Å². The van der Waals surface area contributed by atoms with E-state index in [1.807, 2.05) is 6.07 Å². The SMILES string of the molecule is CC(CCNC(=NCC(=O)N(C)C)NCCc1cccs1)N(C)Cc1ccccc1.I. The van der Waals surface area contributed by atoms with Crippen LogP contribution < -0.4 is 10.6 Å². The molecule has 1 heterocycles. The van der Waals surface area contributed by atoms with Gasteiger partial charge >= 0.3 is 0 Å². The van der Waals surface area contributed by atoms with Crippen molar-refractivity contribution in [1.82, 2.24) is 20.4 Å². The third-order valence-corrected chi connectivity index (χ3v) is 5.93. The van der Waals surface area contributed by atoms with E-state index in [4.69, 9.17) is 0 Å². The molecule has 2 aromatic rings. The number of carbonyl (C=O) groups excluding carboxylic acids is 1. The number of carbonyl (C=O) groups is 1. The van der Waals surface area contributed by atoms with Crippen LogP contribution in [-0.4, -0.2) is 68.5 Å². The van der Waals surface area contributed by atoms with Crippen molar-refractivity contribution in [3.63, 3.8) is 0 Å². The smallest absolute Gasteiger partial charge is 0.243 e. The third kappa shape index (κ3) is 11.0. The highest BCUT2D eigenvalue weighted by Gasteiger charge is 2.10. The average molecular weight is 558 g/mol. The number of nitrogens with zero attached hydrogens (tertiary/aromatic N) is 3. The van der Waals surface area contributed by atoms with E-state index < -0.39 is 0 Å². The van der Waals surface area contributed by atoms with Gasteiger partial charge in [0, 0.05) is 44.6 Å². The molecule has 6 nitrogen and oxygen atoms in total. The minimum atomic E-state index is -0.00896. The van der Waals surface area contributed by atoms with Crippen LogP contribution >= 0.6 is 35.3 Å². The van der Waals surface area contributed by atoms with Crippen molar-refractivity contribution in [1.29, 1.82) is 0 Å². The van der Waals surface area contributed by atoms with Crippen LogP contribution in [0, 0.1) is 0 Å². The number of hydrogen-bond acceptors (Lipinski definition) is 4. The molecule has 1 aromatic carbocycles. The molecule has 0 fully saturated rings. The van der Waals surface area contributed by atoms with Crippen molar-refractivity contribution in [2.75, 3.05) is 40.8 Å². The number of aliphatic imine (C=N–C) groups is 1. The predicted molar refractivity (Wildman–Crippen MR) is 142 cm³/mol. The van der Waals surface area contributed by atoms with Crippen molar-refractivity contribution < 1.29 is 4.79 Å². The van der Waals surface area contributed by atoms with Gasteiger partial charge in [-0.15, -0.1) is 35.3 Å². The number of likely N-dealkylation sites (N-methyl/N-ethyl adjacent to an activating group) is 1. The fourth-order valence-corrected chi connectivity index (χ4v) is 3.58. The van der Waals surface area contributed by atoms with Gasteiger partial charge < -0.3 is 15.5 Å². The van der Waals surface area contributed by atoms with Crippen molar-refractivity contribution in [3.8, 4) is 0 Å². The van der Waals surface area contributed by atoms with Gasteiger partial charge in [-0.2, -0.15) is 0 Å². The van der Waals surface area contributed by atoms with Gasteiger partial charge in [0.2, 0.25) is 5.91 Å². The number of guanidine groups is 1. The lowest BCUT2D eigenvalue weighted by atomic mass is 10.1. The minimum absolute atomic E-state index is 0. The molecule has 1 aromatic heterocycles. The molecule has 1 amide bonds. The van der Waals surface area contributed by atoms with Gasteiger partial charge in [-0.25, -0.2) is 4.99 Å². The van der Waals surface area contributed by atoms with Crippen LogP contribution in [0.1, 0.15) is 23.8 Å². The molecule has 0 spiro atoms. The van der Waals surface area contributed by atoms with E-state index in [2.05, 4.69) is 76.3 Å². The highest BCUT2D eigenvalue weighted by atomic mass is 127. The van der Waals surface area contributed by atoms with Crippen LogP contribution in [0.15, 0.2) is 52.8 Å². The number of nitrogens with one attached hydrogen (secondary N) is 2. The molecule has 0 radical (unpaired) electrons. The summed E-state index contributed by atoms with van der Waals surface area (Å²) in [4.78, 5) is 21.6. The van der Waals surface area contributed by atoms with Gasteiger partial charge in [0.1, 0.15) is 6.54 Å². The molecule has 0 aliphatic carbocycles. The van der Waals surface area contributed by atoms with Crippen LogP contribution in [0.2, 0.25) is 0 Å². The van der Waals surface area contributed by atoms with Crippen LogP contribution in [0.3, 0.4) is 0 Å². The van der Waals surface area contributed by atoms with Gasteiger partial charge in [0.05, 0.1) is 0 Å². The lowest BCUT2D eigenvalue weighted by Gasteiger charge is -2.25. The Kier molecular flexibility index (Phi) is 13.4. The van der Waals surface area contributed by atoms with Gasteiger partial charge in [0.15, 0.2) is 5.96 Å². The second-order valence-electron chi connectivity index (χ2n) is 7.67. The first-order valence-electron chi connectivity index (χ1n) is 10.4. The number of amides is 1. The van der Waals surface area contributed by atoms with Crippen LogP contribution in [0.4, 0.5) is 0 Å². The lowest BCUT2D eigenvalue weighted by molar-refractivity contribution is -0.127. The summed E-state index contributed by atoms with van der Waals surface area (Å²) in [5, 5.41) is 8.83. The molecule has 0 saturated heterocycles. The monoisotopic (exact) mass is 557 g/mol. The molecule has 0 aliphatic rings. The van der Waals surface area contributed by atoms with E-state index in [0.717, 1.165) is 32.5 Å². The number of halogens is 1. The van der Waals surface area contributed by atoms with E-state index in [0.29, 0.717) is 12.0 Å². The zero-order valence-corrected chi connectivity index (χ0v) is 22.2. The van der Waals surface area contributed by atoms with Crippen molar-refractivity contribution in [2.45, 2.75) is 32.4 Å². The Morgan fingerprint density at radius 1 is 1.06 bits per heavy atom. The maximum atomic E-state index is 11.9. The zero-order valence-electron chi connectivity index (χ0n) is 19.0. The molecule has 8 heteroatoms. The molecule has 0 bridgehead atoms. The summed E-state index contributed by atoms with van der Waals surface area (Å²) in [6.45, 7) is 4.89. The quantitative estimate of drug-likeness (QED) is 0.253. The van der Waals surface area contributed by atoms with Gasteiger partial charge in [0.25, 0.3) is 0 Å². The van der Waals surface area contributed by atoms with Gasteiger partial charge in [-0.05, 0) is 43.8 Å². The summed E-state index contributed by atoms with van der Waals surface area (Å²) in [5.74, 6) is 0.685. The first-order chi connectivity index (χ1) is 14.5. The number of thiophene rings is 1. The Morgan fingerprint density at radius 2 is 1.77 bits per heavy atom. The van der Waals surface area contributed by atoms with E-state index in [-0.39, 0.29) is 36.4 Å². The summed E-state index contributed by atoms with van der Waals surface area (Å²) in [7, 11) is 5.65. The highest BCUT2D eigenvalue weighted by Crippen LogP contribution is 2.09. The minimum Gasteiger partial charge on any atom is -0.356 e. The van der Waals surface area contributed by atoms with Crippen LogP contribution in [0.5, 0.6) is 0 Å². The first kappa shape index (κ1) is 27.4. The van der Waals surface area contributed by atoms with Gasteiger partial charge in [-0.3, -0.25) is 9.69 Å². The largest absolute Gasteiger partial charge is 0.356 e. The summed E-state index contributed by atoms with van der Waals surface area (Å²) in [5.41, 5.74) is 1.32. The Bertz CT molecular complexity index is 768. The van der Waals surface area contributed by atoms with Crippen molar-refractivity contribution in [3.05, 3.63) is 58.3 Å². The molecule has 31 heavy (non-hydrogen) atoms. The predicted octanol–water partition coefficient (Wildman–Crippen LogP) is 3.44. The Hall–Kier alpha value is -1.65. The second-order valence-corrected chi connectivity index (χ2v) is 8.71. The van der Waals surface area contributed by atoms with E-state index >= 15 is 0 Å². The third-order valence-electron chi connectivity index (χ3n) is 5.00. The lowest BCUT2D eigenvalue weighted by Crippen LogP contribution is -2.41. The molecular weight excluding hydrogens is 521 g/mol. The summed E-state index contributed by atoms with van der Waals surface area (Å²) in [6, 6.07) is 15.1. The maximum absolute atomic E-state index is 11.9. The Morgan fingerprint density at radius 3 is 2.42 bits per heavy atom. The Labute approximate surface area is 208 Å². The molecule has 0 aliphatic heterocycles. The first-order valence-corrected chi connectivity index (χ1v) is 11.3. The molecule has 172 valence electrons. The Balaban J connectivity index is 0.00000480. The zero-order chi connectivity index (χ0) is 21.8. The van der Waals surface area contributed by atoms with E-state index in [1.165, 1.54) is 10.4 Å². The van der Waals surface area contributed by atoms with Crippen LogP contribution in [-0.2, 0) is 17.8 Å². The summed E-state index contributed by atoms with van der Waals surface area (Å²) >= 11 is 1.76. The number of rotatable bonds is 11. The topological polar surface area (TPSA) is 60.0 Å². The van der Waals surface area contributed by atoms with Crippen LogP contribution in [0.25, 0.3) is 0 Å². The maximum Gasteiger partial charge on any atom is 0.243 e. The summed E-state index contributed by atoms with van der Waals surface area (Å²) < 4.78 is 0. The number of hydrogen-bond donors (Lipinski definition) is 2. The summed E-state index contributed by atoms with van der Waals surface area (Å²) in [6.07, 6.45) is 1.92. The standard InChI is InChI=1S/C23H35N5OS.HI/c1-19(28(4)18-20-9-6-5-7-10-20)12-14-24-23(26-17-22(29)27(2)3)25-15-13-21-11-8-16-30-21;/h5-11,16,19H,12-15,17-18H2,1-4H3,(H2,24,25,26);1H. The second kappa shape index (κ2) is 15.2. The fraction of sp³-hybridized carbons (Fsp3) is 0.478. The normalized spacial score (nSPS) is 12.2. The molecule has 1 atom stereocenters. The fourth-order valence-electron chi connectivity index (χ4n) is 2.87. The molecule has 0 saturated carbocycles. The highest BCUT2D eigenvalue weighted by molar-refractivity contribution is 14.0. The molecular formula is C23H36IN5OS. The van der Waals surface area contributed by atoms with E-state index in [9.17, 15) is 4.79 Å². The van der Waals surface area contributed by atoms with E-state index in [1.54, 1.807) is 30.3 Å². The molecule has 1 unspecified atom stereocenters. The molecule has 2 N–H and O–H groups in total. The van der Waals surface area contributed by atoms with Crippen molar-refractivity contribution >= 4 is 47.2 Å². The average Bonchev–Trinajstić information content (AvgIpc) is 3.25. The molecule has 2 rings (SSSR count). The number of benzene rings is 1.